The largest absolute Gasteiger partial charge is 0.108 e. The Labute approximate surface area is 125 Å². The molecule has 1 heteroatoms. The first kappa shape index (κ1) is 15.3. The molecule has 0 aromatic heterocycles. The van der Waals surface area contributed by atoms with Gasteiger partial charge >= 0.3 is 0 Å². The van der Waals surface area contributed by atoms with Crippen molar-refractivity contribution >= 4 is 13.3 Å². The summed E-state index contributed by atoms with van der Waals surface area (Å²) in [7, 11) is -1.51. The Morgan fingerprint density at radius 3 is 2.30 bits per heavy atom. The van der Waals surface area contributed by atoms with Crippen LogP contribution in [0, 0.1) is 13.8 Å². The van der Waals surface area contributed by atoms with E-state index in [1.807, 2.05) is 0 Å². The summed E-state index contributed by atoms with van der Waals surface area (Å²) in [6.07, 6.45) is 9.83. The maximum absolute atomic E-state index is 2.52. The molecule has 0 fully saturated rings. The Kier molecular flexibility index (Phi) is 4.69. The van der Waals surface area contributed by atoms with Crippen LogP contribution < -0.4 is 5.19 Å². The minimum Gasteiger partial charge on any atom is -0.0806 e. The van der Waals surface area contributed by atoms with Crippen molar-refractivity contribution < 1.29 is 0 Å². The fourth-order valence-corrected chi connectivity index (χ4v) is 6.48. The van der Waals surface area contributed by atoms with Crippen molar-refractivity contribution in [1.82, 2.24) is 0 Å². The zero-order valence-corrected chi connectivity index (χ0v) is 14.7. The molecule has 2 rings (SSSR count). The monoisotopic (exact) mass is 284 g/mol. The third-order valence-electron chi connectivity index (χ3n) is 4.53. The van der Waals surface area contributed by atoms with Gasteiger partial charge in [-0.3, -0.25) is 0 Å². The molecule has 1 aromatic rings. The lowest BCUT2D eigenvalue weighted by atomic mass is 10.1. The fraction of sp³-hybridized carbons (Fsp3) is 0.474. The van der Waals surface area contributed by atoms with E-state index in [0.717, 1.165) is 0 Å². The molecule has 0 nitrogen and oxygen atoms in total. The highest BCUT2D eigenvalue weighted by Crippen LogP contribution is 2.31. The topological polar surface area (TPSA) is 0 Å². The summed E-state index contributed by atoms with van der Waals surface area (Å²) in [4.78, 5) is 0. The van der Waals surface area contributed by atoms with Crippen molar-refractivity contribution in [2.24, 2.45) is 0 Å². The minimum atomic E-state index is -1.51. The molecule has 108 valence electrons. The number of hydrogen-bond acceptors (Lipinski definition) is 0. The lowest BCUT2D eigenvalue weighted by molar-refractivity contribution is 0.797. The van der Waals surface area contributed by atoms with Crippen LogP contribution in [-0.2, 0) is 0 Å². The van der Waals surface area contributed by atoms with Gasteiger partial charge in [-0.2, -0.15) is 0 Å². The predicted octanol–water partition coefficient (Wildman–Crippen LogP) is 5.20. The van der Waals surface area contributed by atoms with Crippen molar-refractivity contribution in [1.29, 1.82) is 0 Å². The first-order valence-corrected chi connectivity index (χ1v) is 10.9. The van der Waals surface area contributed by atoms with E-state index in [4.69, 9.17) is 0 Å². The highest BCUT2D eigenvalue weighted by atomic mass is 28.3. The minimum absolute atomic E-state index is 1.19. The SMILES string of the molecule is CCCCC1=C([Si](C)(C)c2cc(C)cc(C)c2)CC=C1. The zero-order valence-electron chi connectivity index (χ0n) is 13.7. The first-order chi connectivity index (χ1) is 9.45. The van der Waals surface area contributed by atoms with Crippen LogP contribution in [0.1, 0.15) is 43.7 Å². The molecule has 0 saturated carbocycles. The molecular weight excluding hydrogens is 256 g/mol. The lowest BCUT2D eigenvalue weighted by Crippen LogP contribution is -2.44. The maximum Gasteiger partial charge on any atom is 0.108 e. The number of hydrogen-bond donors (Lipinski definition) is 0. The number of allylic oxidation sites excluding steroid dienone is 4. The van der Waals surface area contributed by atoms with E-state index in [9.17, 15) is 0 Å². The van der Waals surface area contributed by atoms with E-state index in [2.05, 4.69) is 64.2 Å². The molecule has 0 unspecified atom stereocenters. The second-order valence-electron chi connectivity index (χ2n) is 6.72. The van der Waals surface area contributed by atoms with Gasteiger partial charge in [0.15, 0.2) is 0 Å². The normalized spacial score (nSPS) is 15.2. The van der Waals surface area contributed by atoms with E-state index in [1.165, 1.54) is 36.8 Å². The summed E-state index contributed by atoms with van der Waals surface area (Å²) in [5.74, 6) is 0. The van der Waals surface area contributed by atoms with Gasteiger partial charge in [0.25, 0.3) is 0 Å². The summed E-state index contributed by atoms with van der Waals surface area (Å²) in [5.41, 5.74) is 4.45. The van der Waals surface area contributed by atoms with E-state index < -0.39 is 8.07 Å². The molecule has 0 aliphatic heterocycles. The third-order valence-corrected chi connectivity index (χ3v) is 8.29. The van der Waals surface area contributed by atoms with Crippen LogP contribution in [0.5, 0.6) is 0 Å². The van der Waals surface area contributed by atoms with Gasteiger partial charge in [-0.15, -0.1) is 0 Å². The Morgan fingerprint density at radius 1 is 1.05 bits per heavy atom. The van der Waals surface area contributed by atoms with Gasteiger partial charge in [-0.25, -0.2) is 0 Å². The Balaban J connectivity index is 2.38. The summed E-state index contributed by atoms with van der Waals surface area (Å²) in [5, 5.41) is 3.36. The number of rotatable bonds is 5. The Hall–Kier alpha value is -1.08. The van der Waals surface area contributed by atoms with Crippen molar-refractivity contribution in [3.05, 3.63) is 52.2 Å². The Morgan fingerprint density at radius 2 is 1.70 bits per heavy atom. The van der Waals surface area contributed by atoms with E-state index in [0.29, 0.717) is 0 Å². The fourth-order valence-electron chi connectivity index (χ4n) is 3.32. The first-order valence-electron chi connectivity index (χ1n) is 7.93. The van der Waals surface area contributed by atoms with Crippen molar-refractivity contribution in [2.75, 3.05) is 0 Å². The van der Waals surface area contributed by atoms with Crippen LogP contribution in [0.3, 0.4) is 0 Å². The standard InChI is InChI=1S/C19H28Si/c1-6-7-9-17-10-8-11-19(17)20(4,5)18-13-15(2)12-16(3)14-18/h8,10,12-14H,6-7,9,11H2,1-5H3. The third kappa shape index (κ3) is 3.14. The second kappa shape index (κ2) is 6.13. The van der Waals surface area contributed by atoms with Crippen LogP contribution in [0.15, 0.2) is 41.1 Å². The van der Waals surface area contributed by atoms with Gasteiger partial charge in [0.05, 0.1) is 0 Å². The molecule has 1 aliphatic rings. The average Bonchev–Trinajstić information content (AvgIpc) is 2.84. The summed E-state index contributed by atoms with van der Waals surface area (Å²) < 4.78 is 0. The lowest BCUT2D eigenvalue weighted by Gasteiger charge is -2.27. The molecule has 0 saturated heterocycles. The quantitative estimate of drug-likeness (QED) is 0.652. The molecule has 0 radical (unpaired) electrons. The van der Waals surface area contributed by atoms with Crippen molar-refractivity contribution in [3.8, 4) is 0 Å². The smallest absolute Gasteiger partial charge is 0.0806 e. The van der Waals surface area contributed by atoms with E-state index in [1.54, 1.807) is 16.0 Å². The number of aryl methyl sites for hydroxylation is 2. The van der Waals surface area contributed by atoms with Gasteiger partial charge in [-0.05, 0) is 33.1 Å². The van der Waals surface area contributed by atoms with Crippen LogP contribution in [-0.4, -0.2) is 8.07 Å². The van der Waals surface area contributed by atoms with Gasteiger partial charge in [0, 0.05) is 0 Å². The van der Waals surface area contributed by atoms with Gasteiger partial charge in [0.1, 0.15) is 8.07 Å². The van der Waals surface area contributed by atoms with Crippen molar-refractivity contribution in [2.45, 2.75) is 59.5 Å². The molecule has 0 amide bonds. The molecule has 0 atom stereocenters. The molecule has 20 heavy (non-hydrogen) atoms. The maximum atomic E-state index is 2.52. The van der Waals surface area contributed by atoms with Crippen molar-refractivity contribution in [3.63, 3.8) is 0 Å². The molecule has 0 spiro atoms. The summed E-state index contributed by atoms with van der Waals surface area (Å²) >= 11 is 0. The molecule has 1 aliphatic carbocycles. The average molecular weight is 285 g/mol. The van der Waals surface area contributed by atoms with E-state index >= 15 is 0 Å². The zero-order chi connectivity index (χ0) is 14.8. The molecule has 0 bridgehead atoms. The molecule has 0 heterocycles. The molecular formula is C19H28Si. The van der Waals surface area contributed by atoms with Gasteiger partial charge in [-0.1, -0.05) is 83.9 Å². The molecule has 1 aromatic carbocycles. The highest BCUT2D eigenvalue weighted by Gasteiger charge is 2.31. The predicted molar refractivity (Wildman–Crippen MR) is 93.3 cm³/mol. The van der Waals surface area contributed by atoms with Crippen LogP contribution in [0.2, 0.25) is 13.1 Å². The van der Waals surface area contributed by atoms with Crippen LogP contribution >= 0.6 is 0 Å². The van der Waals surface area contributed by atoms with Crippen LogP contribution in [0.4, 0.5) is 0 Å². The number of benzene rings is 1. The summed E-state index contributed by atoms with van der Waals surface area (Å²) in [6, 6.07) is 7.12. The number of unbranched alkanes of at least 4 members (excludes halogenated alkanes) is 1. The summed E-state index contributed by atoms with van der Waals surface area (Å²) in [6.45, 7) is 11.8. The van der Waals surface area contributed by atoms with Gasteiger partial charge < -0.3 is 0 Å². The second-order valence-corrected chi connectivity index (χ2v) is 11.1. The van der Waals surface area contributed by atoms with Gasteiger partial charge in [0.2, 0.25) is 0 Å². The Bertz CT molecular complexity index is 527. The van der Waals surface area contributed by atoms with Crippen LogP contribution in [0.25, 0.3) is 0 Å². The van der Waals surface area contributed by atoms with E-state index in [-0.39, 0.29) is 0 Å². The highest BCUT2D eigenvalue weighted by molar-refractivity contribution is 6.95. The molecule has 0 N–H and O–H groups in total.